The first-order valence-corrected chi connectivity index (χ1v) is 22.5. The van der Waals surface area contributed by atoms with Gasteiger partial charge in [-0.1, -0.05) is 6.07 Å². The predicted octanol–water partition coefficient (Wildman–Crippen LogP) is 5.16. The highest BCUT2D eigenvalue weighted by molar-refractivity contribution is 6.06. The van der Waals surface area contributed by atoms with Crippen molar-refractivity contribution in [3.05, 3.63) is 64.9 Å². The van der Waals surface area contributed by atoms with Gasteiger partial charge in [0.25, 0.3) is 18.2 Å². The van der Waals surface area contributed by atoms with Crippen LogP contribution in [0.25, 0.3) is 0 Å². The Hall–Kier alpha value is -5.49. The van der Waals surface area contributed by atoms with Gasteiger partial charge in [0.15, 0.2) is 11.5 Å². The van der Waals surface area contributed by atoms with E-state index in [2.05, 4.69) is 42.7 Å². The fourth-order valence-corrected chi connectivity index (χ4v) is 11.4. The molecule has 3 atom stereocenters. The summed E-state index contributed by atoms with van der Waals surface area (Å²) in [5.74, 6) is 0.0760. The fraction of sp³-hybridized carbons (Fsp3) is 0.578. The number of ether oxygens (including phenoxy) is 1. The number of hydrazone groups is 1. The molecule has 0 radical (unpaired) electrons. The van der Waals surface area contributed by atoms with Gasteiger partial charge in [-0.2, -0.15) is 10.2 Å². The van der Waals surface area contributed by atoms with Gasteiger partial charge in [0.05, 0.1) is 36.1 Å². The summed E-state index contributed by atoms with van der Waals surface area (Å²) in [5.41, 5.74) is 2.58. The van der Waals surface area contributed by atoms with E-state index in [-0.39, 0.29) is 53.5 Å². The average Bonchev–Trinajstić information content (AvgIpc) is 4.08. The number of imide groups is 1. The van der Waals surface area contributed by atoms with Crippen molar-refractivity contribution in [3.63, 3.8) is 0 Å². The van der Waals surface area contributed by atoms with Gasteiger partial charge in [-0.15, -0.1) is 0 Å². The summed E-state index contributed by atoms with van der Waals surface area (Å²) in [4.78, 5) is 62.3. The second-order valence-corrected chi connectivity index (χ2v) is 18.8. The molecule has 3 N–H and O–H groups in total. The van der Waals surface area contributed by atoms with Gasteiger partial charge >= 0.3 is 0 Å². The number of alkyl halides is 2. The minimum atomic E-state index is -2.86. The third-order valence-electron chi connectivity index (χ3n) is 15.0. The molecule has 6 aliphatic heterocycles. The van der Waals surface area contributed by atoms with Gasteiger partial charge in [-0.25, -0.2) is 18.8 Å². The number of nitrogens with one attached hydrogen (secondary N) is 3. The van der Waals surface area contributed by atoms with Crippen LogP contribution in [0.4, 0.5) is 20.2 Å². The van der Waals surface area contributed by atoms with Gasteiger partial charge in [-0.3, -0.25) is 29.2 Å². The lowest BCUT2D eigenvalue weighted by atomic mass is 9.60. The lowest BCUT2D eigenvalue weighted by Crippen LogP contribution is -2.52. The Bertz CT molecular complexity index is 2290. The highest BCUT2D eigenvalue weighted by Gasteiger charge is 2.47. The van der Waals surface area contributed by atoms with E-state index < -0.39 is 30.0 Å². The number of rotatable bonds is 10. The van der Waals surface area contributed by atoms with Crippen LogP contribution in [-0.4, -0.2) is 123 Å². The first-order chi connectivity index (χ1) is 30.4. The molecule has 2 aromatic rings. The molecular formula is C45H55F2N11O5. The number of carbonyl (C=O) groups excluding carboxylic acids is 4. The molecule has 4 amide bonds. The third kappa shape index (κ3) is 7.93. The highest BCUT2D eigenvalue weighted by atomic mass is 19.3. The number of hydrogen-bond donors (Lipinski definition) is 3. The minimum Gasteiger partial charge on any atom is -0.382 e. The zero-order valence-corrected chi connectivity index (χ0v) is 35.6. The van der Waals surface area contributed by atoms with E-state index in [9.17, 15) is 28.0 Å². The number of anilines is 2. The van der Waals surface area contributed by atoms with Crippen molar-refractivity contribution in [2.75, 3.05) is 43.4 Å². The van der Waals surface area contributed by atoms with Crippen molar-refractivity contribution in [3.8, 4) is 0 Å². The van der Waals surface area contributed by atoms with Crippen molar-refractivity contribution in [2.45, 2.75) is 121 Å². The van der Waals surface area contributed by atoms with E-state index in [1.165, 1.54) is 5.01 Å². The molecule has 2 saturated carbocycles. The molecule has 16 nitrogen and oxygen atoms in total. The zero-order valence-electron chi connectivity index (χ0n) is 35.6. The second-order valence-electron chi connectivity index (χ2n) is 18.8. The van der Waals surface area contributed by atoms with Gasteiger partial charge < -0.3 is 30.1 Å². The number of piperidine rings is 2. The summed E-state index contributed by atoms with van der Waals surface area (Å²) < 4.78 is 36.1. The molecular weight excluding hydrogens is 813 g/mol. The van der Waals surface area contributed by atoms with Crippen LogP contribution in [0.3, 0.4) is 0 Å². The number of amides is 4. The standard InChI is InChI=1S/C45H55F2N11O5/c1-26(41-51-37(12-15-57(41)48-2)55-22-31-18-30(55)25-63-31)42(60)50-35-24-58(53-39(35)40(46)47)29-8-6-27(7-9-29)21-54-16-13-45(14-17-54)19-28(20-45)49-34-5-3-4-32-33(34)23-56(44(32)62)36-10-11-38(59)52-43(36)61/h3-5,12,15,24,27-31,36,40,49H,2,6-11,13-14,16-23,25H2,1H3,(H,50,60)(H,52,59,61)/b41-26+/t27?,29?,30-,31-,36?/m1/s1. The maximum Gasteiger partial charge on any atom is 0.284 e. The Labute approximate surface area is 364 Å². The van der Waals surface area contributed by atoms with Crippen LogP contribution in [-0.2, 0) is 25.7 Å². The smallest absolute Gasteiger partial charge is 0.284 e. The number of nitrogens with zero attached hydrogens (tertiary/aromatic N) is 8. The molecule has 18 heteroatoms. The summed E-state index contributed by atoms with van der Waals surface area (Å²) in [6.45, 7) is 10.0. The van der Waals surface area contributed by atoms with E-state index in [0.29, 0.717) is 54.9 Å². The molecule has 2 bridgehead atoms. The molecule has 1 aromatic carbocycles. The van der Waals surface area contributed by atoms with Gasteiger partial charge in [-0.05, 0) is 114 Å². The third-order valence-corrected chi connectivity index (χ3v) is 15.0. The summed E-state index contributed by atoms with van der Waals surface area (Å²) in [7, 11) is 0. The Morgan fingerprint density at radius 1 is 1.06 bits per heavy atom. The number of hydrogen-bond acceptors (Lipinski definition) is 12. The normalized spacial score (nSPS) is 29.0. The Balaban J connectivity index is 0.697. The highest BCUT2D eigenvalue weighted by Crippen LogP contribution is 2.51. The molecule has 7 heterocycles. The summed E-state index contributed by atoms with van der Waals surface area (Å²) in [6, 6.07) is 5.61. The molecule has 63 heavy (non-hydrogen) atoms. The van der Waals surface area contributed by atoms with E-state index in [1.807, 2.05) is 24.3 Å². The average molecular weight is 868 g/mol. The van der Waals surface area contributed by atoms with Crippen LogP contribution in [0.1, 0.15) is 112 Å². The monoisotopic (exact) mass is 867 g/mol. The summed E-state index contributed by atoms with van der Waals surface area (Å²) >= 11 is 0. The number of morpholine rings is 1. The number of benzene rings is 1. The van der Waals surface area contributed by atoms with Crippen molar-refractivity contribution in [1.82, 2.24) is 34.8 Å². The molecule has 1 spiro atoms. The van der Waals surface area contributed by atoms with Crippen LogP contribution in [0, 0.1) is 11.3 Å². The van der Waals surface area contributed by atoms with Crippen LogP contribution >= 0.6 is 0 Å². The lowest BCUT2D eigenvalue weighted by Gasteiger charge is -2.53. The van der Waals surface area contributed by atoms with E-state index in [1.54, 1.807) is 28.9 Å². The number of carbonyl (C=O) groups is 4. The van der Waals surface area contributed by atoms with E-state index in [4.69, 9.17) is 9.73 Å². The Morgan fingerprint density at radius 2 is 1.86 bits per heavy atom. The van der Waals surface area contributed by atoms with Crippen molar-refractivity contribution >= 4 is 47.6 Å². The maximum atomic E-state index is 14.3. The van der Waals surface area contributed by atoms with Crippen molar-refractivity contribution in [2.24, 2.45) is 21.4 Å². The van der Waals surface area contributed by atoms with Crippen LogP contribution < -0.4 is 16.0 Å². The van der Waals surface area contributed by atoms with Crippen molar-refractivity contribution < 1.29 is 32.7 Å². The topological polar surface area (TPSA) is 169 Å². The minimum absolute atomic E-state index is 0.00498. The molecule has 10 rings (SSSR count). The molecule has 4 saturated heterocycles. The first-order valence-electron chi connectivity index (χ1n) is 22.5. The molecule has 8 aliphatic rings. The lowest BCUT2D eigenvalue weighted by molar-refractivity contribution is -0.137. The molecule has 334 valence electrons. The predicted molar refractivity (Wildman–Crippen MR) is 230 cm³/mol. The van der Waals surface area contributed by atoms with Crippen molar-refractivity contribution in [1.29, 1.82) is 0 Å². The van der Waals surface area contributed by atoms with Gasteiger partial charge in [0, 0.05) is 68.0 Å². The summed E-state index contributed by atoms with van der Waals surface area (Å²) in [5, 5.41) is 18.5. The van der Waals surface area contributed by atoms with E-state index >= 15 is 0 Å². The fourth-order valence-electron chi connectivity index (χ4n) is 11.4. The molecule has 1 unspecified atom stereocenters. The second kappa shape index (κ2) is 16.6. The number of likely N-dealkylation sites (tertiary alicyclic amines) is 2. The Morgan fingerprint density at radius 3 is 2.56 bits per heavy atom. The SMILES string of the molecule is C=NN1C=CC(N2C[C@H]3C[C@@H]2CO3)=N/C1=C(/C)C(=O)Nc1cn(C2CCC(CN3CCC4(CC3)CC(Nc3cccc5c3CN(C3CCC(=O)NC3=O)C5=O)C4)CC2)nc1C(F)F. The first kappa shape index (κ1) is 41.5. The van der Waals surface area contributed by atoms with E-state index in [0.717, 1.165) is 88.7 Å². The van der Waals surface area contributed by atoms with Crippen LogP contribution in [0.5, 0.6) is 0 Å². The number of aromatic nitrogens is 2. The molecule has 6 fully saturated rings. The number of aliphatic imine (C=N–C) groups is 1. The number of halogens is 2. The molecule has 2 aliphatic carbocycles. The zero-order chi connectivity index (χ0) is 43.6. The number of amidine groups is 1. The molecule has 1 aromatic heterocycles. The summed E-state index contributed by atoms with van der Waals surface area (Å²) in [6.07, 6.45) is 11.9. The maximum absolute atomic E-state index is 14.3. The largest absolute Gasteiger partial charge is 0.382 e. The number of fused-ring (bicyclic) bond motifs is 3. The van der Waals surface area contributed by atoms with Gasteiger partial charge in [0.2, 0.25) is 11.8 Å². The Kier molecular flexibility index (Phi) is 10.9. The quantitative estimate of drug-likeness (QED) is 0.165. The van der Waals surface area contributed by atoms with Crippen LogP contribution in [0.2, 0.25) is 0 Å². The van der Waals surface area contributed by atoms with Crippen LogP contribution in [0.15, 0.2) is 58.2 Å². The van der Waals surface area contributed by atoms with Gasteiger partial charge in [0.1, 0.15) is 11.9 Å².